The van der Waals surface area contributed by atoms with E-state index in [1.165, 1.54) is 11.3 Å². The molecule has 0 saturated carbocycles. The molecule has 2 aromatic carbocycles. The van der Waals surface area contributed by atoms with Crippen LogP contribution in [0.1, 0.15) is 17.5 Å². The van der Waals surface area contributed by atoms with Gasteiger partial charge in [0.15, 0.2) is 0 Å². The van der Waals surface area contributed by atoms with Crippen molar-refractivity contribution in [2.45, 2.75) is 19.5 Å². The summed E-state index contributed by atoms with van der Waals surface area (Å²) < 4.78 is 10.7. The minimum absolute atomic E-state index is 0.0401. The van der Waals surface area contributed by atoms with Gasteiger partial charge in [-0.3, -0.25) is 9.69 Å². The van der Waals surface area contributed by atoms with Crippen LogP contribution in [0.4, 0.5) is 5.69 Å². The monoisotopic (exact) mass is 421 g/mol. The summed E-state index contributed by atoms with van der Waals surface area (Å²) in [5, 5.41) is 3.07. The van der Waals surface area contributed by atoms with Crippen LogP contribution in [0.25, 0.3) is 0 Å². The van der Waals surface area contributed by atoms with Gasteiger partial charge in [0.05, 0.1) is 20.3 Å². The first kappa shape index (κ1) is 21.4. The number of carbonyl (C=O) groups is 1. The van der Waals surface area contributed by atoms with Gasteiger partial charge in [-0.15, -0.1) is 0 Å². The Hall–Kier alpha value is -2.83. The molecule has 0 radical (unpaired) electrons. The van der Waals surface area contributed by atoms with Gasteiger partial charge >= 0.3 is 0 Å². The van der Waals surface area contributed by atoms with Gasteiger partial charge < -0.3 is 19.7 Å². The fourth-order valence-corrected chi connectivity index (χ4v) is 4.03. The molecule has 2 aromatic rings. The normalized spacial score (nSPS) is 17.2. The molecule has 2 aliphatic heterocycles. The average molecular weight is 422 g/mol. The van der Waals surface area contributed by atoms with Crippen molar-refractivity contribution in [2.75, 3.05) is 51.4 Å². The first-order valence-electron chi connectivity index (χ1n) is 11.0. The molecular weight excluding hydrogens is 390 g/mol. The molecule has 0 spiro atoms. The van der Waals surface area contributed by atoms with E-state index >= 15 is 0 Å². The van der Waals surface area contributed by atoms with E-state index in [9.17, 15) is 4.79 Å². The van der Waals surface area contributed by atoms with E-state index in [1.807, 2.05) is 12.1 Å². The summed E-state index contributed by atoms with van der Waals surface area (Å²) in [5.74, 6) is 0.918. The molecule has 0 aromatic heterocycles. The quantitative estimate of drug-likeness (QED) is 0.745. The Balaban J connectivity index is 1.24. The van der Waals surface area contributed by atoms with Gasteiger partial charge in [-0.25, -0.2) is 0 Å². The van der Waals surface area contributed by atoms with Crippen LogP contribution in [0.15, 0.2) is 60.2 Å². The van der Waals surface area contributed by atoms with Crippen LogP contribution < -0.4 is 15.0 Å². The van der Waals surface area contributed by atoms with Crippen LogP contribution in [-0.4, -0.2) is 57.3 Å². The van der Waals surface area contributed by atoms with Gasteiger partial charge in [0.1, 0.15) is 5.75 Å². The highest BCUT2D eigenvalue weighted by Gasteiger charge is 2.17. The van der Waals surface area contributed by atoms with Crippen LogP contribution in [0.3, 0.4) is 0 Å². The predicted molar refractivity (Wildman–Crippen MR) is 122 cm³/mol. The van der Waals surface area contributed by atoms with Gasteiger partial charge in [-0.05, 0) is 41.8 Å². The number of rotatable bonds is 7. The standard InChI is InChI=1S/C25H31N3O3/c1-30-24-4-2-3-21(17-24)19-27-11-9-22(10-12-27)25(29)26-18-20-5-7-23(8-6-20)28-13-15-31-16-14-28/h2-9,17H,10-16,18-19H2,1H3,(H,26,29). The molecular formula is C25H31N3O3. The van der Waals surface area contributed by atoms with Gasteiger partial charge in [0.2, 0.25) is 5.91 Å². The number of methoxy groups -OCH3 is 1. The smallest absolute Gasteiger partial charge is 0.247 e. The molecule has 1 fully saturated rings. The lowest BCUT2D eigenvalue weighted by atomic mass is 10.1. The summed E-state index contributed by atoms with van der Waals surface area (Å²) in [7, 11) is 1.69. The lowest BCUT2D eigenvalue weighted by Crippen LogP contribution is -2.36. The Morgan fingerprint density at radius 3 is 2.58 bits per heavy atom. The molecule has 164 valence electrons. The number of hydrogen-bond acceptors (Lipinski definition) is 5. The van der Waals surface area contributed by atoms with Crippen molar-refractivity contribution in [3.05, 3.63) is 71.3 Å². The van der Waals surface area contributed by atoms with Gasteiger partial charge in [-0.2, -0.15) is 0 Å². The largest absolute Gasteiger partial charge is 0.497 e. The number of nitrogens with one attached hydrogen (secondary N) is 1. The predicted octanol–water partition coefficient (Wildman–Crippen LogP) is 2.98. The highest BCUT2D eigenvalue weighted by Crippen LogP contribution is 2.19. The zero-order chi connectivity index (χ0) is 21.5. The van der Waals surface area contributed by atoms with Crippen LogP contribution >= 0.6 is 0 Å². The van der Waals surface area contributed by atoms with Crippen molar-refractivity contribution in [1.29, 1.82) is 0 Å². The Morgan fingerprint density at radius 1 is 1.06 bits per heavy atom. The van der Waals surface area contributed by atoms with Crippen LogP contribution in [0.2, 0.25) is 0 Å². The molecule has 0 aliphatic carbocycles. The molecule has 6 nitrogen and oxygen atoms in total. The second-order valence-electron chi connectivity index (χ2n) is 8.01. The van der Waals surface area contributed by atoms with Crippen molar-refractivity contribution in [3.8, 4) is 5.75 Å². The van der Waals surface area contributed by atoms with E-state index in [2.05, 4.69) is 57.6 Å². The summed E-state index contributed by atoms with van der Waals surface area (Å²) in [4.78, 5) is 17.3. The Labute approximate surface area is 184 Å². The van der Waals surface area contributed by atoms with Crippen LogP contribution in [0.5, 0.6) is 5.75 Å². The van der Waals surface area contributed by atoms with E-state index in [0.29, 0.717) is 6.54 Å². The van der Waals surface area contributed by atoms with Gasteiger partial charge in [0.25, 0.3) is 0 Å². The number of benzene rings is 2. The second kappa shape index (κ2) is 10.5. The van der Waals surface area contributed by atoms with E-state index in [4.69, 9.17) is 9.47 Å². The minimum Gasteiger partial charge on any atom is -0.497 e. The Bertz CT molecular complexity index is 904. The molecule has 31 heavy (non-hydrogen) atoms. The number of morpholine rings is 1. The van der Waals surface area contributed by atoms with Crippen LogP contribution in [0, 0.1) is 0 Å². The topological polar surface area (TPSA) is 54.0 Å². The summed E-state index contributed by atoms with van der Waals surface area (Å²) in [6.45, 7) is 6.50. The molecule has 2 heterocycles. The van der Waals surface area contributed by atoms with Gasteiger partial charge in [0, 0.05) is 50.5 Å². The van der Waals surface area contributed by atoms with E-state index < -0.39 is 0 Å². The zero-order valence-electron chi connectivity index (χ0n) is 18.2. The van der Waals surface area contributed by atoms with Crippen molar-refractivity contribution in [3.63, 3.8) is 0 Å². The summed E-state index contributed by atoms with van der Waals surface area (Å²) in [6.07, 6.45) is 2.83. The maximum absolute atomic E-state index is 12.6. The molecule has 1 N–H and O–H groups in total. The average Bonchev–Trinajstić information content (AvgIpc) is 2.84. The van der Waals surface area contributed by atoms with Crippen molar-refractivity contribution >= 4 is 11.6 Å². The highest BCUT2D eigenvalue weighted by atomic mass is 16.5. The summed E-state index contributed by atoms with van der Waals surface area (Å²) in [5.41, 5.74) is 4.43. The number of ether oxygens (including phenoxy) is 2. The fourth-order valence-electron chi connectivity index (χ4n) is 4.03. The number of hydrogen-bond donors (Lipinski definition) is 1. The fraction of sp³-hybridized carbons (Fsp3) is 0.400. The van der Waals surface area contributed by atoms with Crippen LogP contribution in [-0.2, 0) is 22.6 Å². The molecule has 0 unspecified atom stereocenters. The molecule has 6 heteroatoms. The highest BCUT2D eigenvalue weighted by molar-refractivity contribution is 5.93. The second-order valence-corrected chi connectivity index (χ2v) is 8.01. The third-order valence-corrected chi connectivity index (χ3v) is 5.89. The Morgan fingerprint density at radius 2 is 1.87 bits per heavy atom. The van der Waals surface area contributed by atoms with Crippen molar-refractivity contribution < 1.29 is 14.3 Å². The molecule has 0 bridgehead atoms. The molecule has 1 saturated heterocycles. The number of anilines is 1. The SMILES string of the molecule is COc1cccc(CN2CC=C(C(=O)NCc3ccc(N4CCOCC4)cc3)CC2)c1. The summed E-state index contributed by atoms with van der Waals surface area (Å²) in [6, 6.07) is 16.6. The first-order valence-corrected chi connectivity index (χ1v) is 11.0. The first-order chi connectivity index (χ1) is 15.2. The maximum atomic E-state index is 12.6. The van der Waals surface area contributed by atoms with E-state index in [-0.39, 0.29) is 5.91 Å². The maximum Gasteiger partial charge on any atom is 0.247 e. The molecule has 4 rings (SSSR count). The number of amides is 1. The number of carbonyl (C=O) groups excluding carboxylic acids is 1. The third-order valence-electron chi connectivity index (χ3n) is 5.89. The Kier molecular flexibility index (Phi) is 7.22. The summed E-state index contributed by atoms with van der Waals surface area (Å²) >= 11 is 0. The molecule has 0 atom stereocenters. The zero-order valence-corrected chi connectivity index (χ0v) is 18.2. The lowest BCUT2D eigenvalue weighted by molar-refractivity contribution is -0.117. The molecule has 2 aliphatic rings. The molecule has 1 amide bonds. The number of nitrogens with zero attached hydrogens (tertiary/aromatic N) is 2. The van der Waals surface area contributed by atoms with Crippen molar-refractivity contribution in [1.82, 2.24) is 10.2 Å². The minimum atomic E-state index is 0.0401. The van der Waals surface area contributed by atoms with E-state index in [0.717, 1.165) is 69.2 Å². The third kappa shape index (κ3) is 5.87. The van der Waals surface area contributed by atoms with Crippen molar-refractivity contribution in [2.24, 2.45) is 0 Å². The van der Waals surface area contributed by atoms with E-state index in [1.54, 1.807) is 7.11 Å². The lowest BCUT2D eigenvalue weighted by Gasteiger charge is -2.29. The van der Waals surface area contributed by atoms with Gasteiger partial charge in [-0.1, -0.05) is 30.3 Å².